The molecule has 2 aromatic rings. The maximum atomic E-state index is 11.7. The van der Waals surface area contributed by atoms with Gasteiger partial charge in [-0.2, -0.15) is 0 Å². The maximum absolute atomic E-state index is 11.7. The molecular formula is C33H40N2O4. The van der Waals surface area contributed by atoms with Crippen molar-refractivity contribution < 1.29 is 19.0 Å². The van der Waals surface area contributed by atoms with Gasteiger partial charge in [0.05, 0.1) is 32.1 Å². The highest BCUT2D eigenvalue weighted by Crippen LogP contribution is 2.28. The zero-order chi connectivity index (χ0) is 27.9. The largest absolute Gasteiger partial charge is 0.497 e. The first-order chi connectivity index (χ1) is 18.8. The number of methoxy groups -OCH3 is 1. The van der Waals surface area contributed by atoms with E-state index in [1.165, 1.54) is 11.3 Å². The van der Waals surface area contributed by atoms with E-state index >= 15 is 0 Å². The number of likely N-dealkylation sites (N-methyl/N-ethyl adjacent to an activating group) is 1. The molecule has 6 heteroatoms. The number of benzene rings is 1. The minimum absolute atomic E-state index is 0.0642. The number of allylic oxidation sites excluding steroid dienone is 6. The molecular weight excluding hydrogens is 488 g/mol. The Hall–Kier alpha value is -3.77. The SMILES string of the molecule is C=CC(C=C/C=C(\C)Cn1c(C)cc2c(CC(C)=O)cccc21)OCC1CN(C)C2=C(CC=C(OC)C=C2)O1. The fraction of sp³-hybridized carbons (Fsp3) is 0.364. The van der Waals surface area contributed by atoms with Crippen molar-refractivity contribution in [1.82, 2.24) is 9.47 Å². The Kier molecular flexibility index (Phi) is 9.31. The molecule has 2 unspecified atom stereocenters. The maximum Gasteiger partial charge on any atom is 0.139 e. The third kappa shape index (κ3) is 7.01. The van der Waals surface area contributed by atoms with Crippen LogP contribution in [0.1, 0.15) is 31.5 Å². The third-order valence-corrected chi connectivity index (χ3v) is 7.09. The van der Waals surface area contributed by atoms with Gasteiger partial charge in [0.15, 0.2) is 0 Å². The van der Waals surface area contributed by atoms with Crippen LogP contribution < -0.4 is 0 Å². The van der Waals surface area contributed by atoms with Crippen LogP contribution in [-0.2, 0) is 32.0 Å². The van der Waals surface area contributed by atoms with Gasteiger partial charge in [-0.05, 0) is 56.7 Å². The Labute approximate surface area is 232 Å². The number of carbonyl (C=O) groups is 1. The number of carbonyl (C=O) groups excluding carboxylic acids is 1. The second kappa shape index (κ2) is 12.9. The van der Waals surface area contributed by atoms with Crippen LogP contribution in [0.4, 0.5) is 0 Å². The van der Waals surface area contributed by atoms with E-state index in [0.717, 1.165) is 46.8 Å². The van der Waals surface area contributed by atoms with Crippen LogP contribution in [0.3, 0.4) is 0 Å². The number of nitrogens with zero attached hydrogens (tertiary/aromatic N) is 2. The van der Waals surface area contributed by atoms with Gasteiger partial charge in [0.25, 0.3) is 0 Å². The number of fused-ring (bicyclic) bond motifs is 1. The molecule has 1 aliphatic carbocycles. The summed E-state index contributed by atoms with van der Waals surface area (Å²) in [6.45, 7) is 11.8. The standard InChI is InChI=1S/C33H40N2O4/c1-7-27(38-22-29-21-34(5)32-16-14-28(37-6)15-17-33(32)39-29)12-8-10-23(2)20-35-24(3)18-30-26(19-25(4)36)11-9-13-31(30)35/h7-16,18,27,29H,1,17,19-22H2,2-6H3/b12-8?,23-10+. The van der Waals surface area contributed by atoms with E-state index in [4.69, 9.17) is 14.2 Å². The summed E-state index contributed by atoms with van der Waals surface area (Å²) < 4.78 is 20.1. The Balaban J connectivity index is 1.35. The van der Waals surface area contributed by atoms with E-state index < -0.39 is 0 Å². The summed E-state index contributed by atoms with van der Waals surface area (Å²) in [7, 11) is 3.75. The van der Waals surface area contributed by atoms with E-state index in [2.05, 4.69) is 55.1 Å². The number of Topliss-reactive ketones (excluding diaryl/α,β-unsaturated/α-hetero) is 1. The molecule has 39 heavy (non-hydrogen) atoms. The van der Waals surface area contributed by atoms with E-state index in [0.29, 0.717) is 19.4 Å². The average Bonchev–Trinajstić information content (AvgIpc) is 3.07. The van der Waals surface area contributed by atoms with E-state index in [-0.39, 0.29) is 18.0 Å². The lowest BCUT2D eigenvalue weighted by Crippen LogP contribution is -2.39. The fourth-order valence-electron chi connectivity index (χ4n) is 5.11. The molecule has 206 valence electrons. The molecule has 0 saturated carbocycles. The molecule has 2 heterocycles. The van der Waals surface area contributed by atoms with Crippen molar-refractivity contribution in [3.8, 4) is 0 Å². The van der Waals surface area contributed by atoms with Crippen molar-refractivity contribution in [3.63, 3.8) is 0 Å². The molecule has 0 saturated heterocycles. The van der Waals surface area contributed by atoms with Crippen molar-refractivity contribution in [3.05, 3.63) is 107 Å². The molecule has 0 amide bonds. The summed E-state index contributed by atoms with van der Waals surface area (Å²) in [5.41, 5.74) is 5.72. The number of rotatable bonds is 11. The van der Waals surface area contributed by atoms with Gasteiger partial charge in [0.1, 0.15) is 23.4 Å². The van der Waals surface area contributed by atoms with Gasteiger partial charge in [0, 0.05) is 43.0 Å². The van der Waals surface area contributed by atoms with Gasteiger partial charge in [-0.15, -0.1) is 6.58 Å². The smallest absolute Gasteiger partial charge is 0.139 e. The molecule has 2 aliphatic rings. The van der Waals surface area contributed by atoms with Crippen LogP contribution in [0.5, 0.6) is 0 Å². The molecule has 0 N–H and O–H groups in total. The Morgan fingerprint density at radius 3 is 2.85 bits per heavy atom. The van der Waals surface area contributed by atoms with Gasteiger partial charge in [0.2, 0.25) is 0 Å². The number of ether oxygens (including phenoxy) is 3. The van der Waals surface area contributed by atoms with Crippen molar-refractivity contribution in [2.45, 2.75) is 52.4 Å². The first-order valence-corrected chi connectivity index (χ1v) is 13.5. The van der Waals surface area contributed by atoms with Gasteiger partial charge in [-0.1, -0.05) is 42.0 Å². The zero-order valence-corrected chi connectivity index (χ0v) is 23.8. The number of hydrogen-bond donors (Lipinski definition) is 0. The first kappa shape index (κ1) is 28.2. The van der Waals surface area contributed by atoms with Crippen LogP contribution >= 0.6 is 0 Å². The quantitative estimate of drug-likeness (QED) is 0.257. The number of hydrogen-bond acceptors (Lipinski definition) is 5. The monoisotopic (exact) mass is 528 g/mol. The van der Waals surface area contributed by atoms with Crippen LogP contribution in [0.25, 0.3) is 10.9 Å². The van der Waals surface area contributed by atoms with Crippen LogP contribution in [0, 0.1) is 6.92 Å². The minimum atomic E-state index is -0.212. The molecule has 0 radical (unpaired) electrons. The van der Waals surface area contributed by atoms with Gasteiger partial charge in [-0.25, -0.2) is 0 Å². The highest BCUT2D eigenvalue weighted by molar-refractivity contribution is 5.89. The summed E-state index contributed by atoms with van der Waals surface area (Å²) >= 11 is 0. The van der Waals surface area contributed by atoms with Gasteiger partial charge >= 0.3 is 0 Å². The summed E-state index contributed by atoms with van der Waals surface area (Å²) in [5.74, 6) is 1.95. The number of aromatic nitrogens is 1. The lowest BCUT2D eigenvalue weighted by molar-refractivity contribution is -0.116. The first-order valence-electron chi connectivity index (χ1n) is 13.5. The molecule has 1 aliphatic heterocycles. The van der Waals surface area contributed by atoms with E-state index in [9.17, 15) is 4.79 Å². The molecule has 0 fully saturated rings. The molecule has 0 spiro atoms. The van der Waals surface area contributed by atoms with Gasteiger partial charge < -0.3 is 23.7 Å². The molecule has 1 aromatic heterocycles. The molecule has 6 nitrogen and oxygen atoms in total. The third-order valence-electron chi connectivity index (χ3n) is 7.09. The lowest BCUT2D eigenvalue weighted by atomic mass is 10.1. The summed E-state index contributed by atoms with van der Waals surface area (Å²) in [5, 5.41) is 1.15. The highest BCUT2D eigenvalue weighted by Gasteiger charge is 2.26. The normalized spacial score (nSPS) is 18.6. The van der Waals surface area contributed by atoms with Crippen molar-refractivity contribution in [2.24, 2.45) is 0 Å². The van der Waals surface area contributed by atoms with Crippen LogP contribution in [0.15, 0.2) is 96.2 Å². The fourth-order valence-corrected chi connectivity index (χ4v) is 5.11. The Morgan fingerprint density at radius 1 is 1.28 bits per heavy atom. The zero-order valence-electron chi connectivity index (χ0n) is 23.8. The van der Waals surface area contributed by atoms with E-state index in [1.54, 1.807) is 20.1 Å². The van der Waals surface area contributed by atoms with Crippen molar-refractivity contribution >= 4 is 16.7 Å². The summed E-state index contributed by atoms with van der Waals surface area (Å²) in [6.07, 6.45) is 14.9. The minimum Gasteiger partial charge on any atom is -0.497 e. The van der Waals surface area contributed by atoms with Crippen molar-refractivity contribution in [2.75, 3.05) is 27.3 Å². The molecule has 2 atom stereocenters. The number of aryl methyl sites for hydroxylation is 1. The Bertz CT molecular complexity index is 1370. The second-order valence-corrected chi connectivity index (χ2v) is 10.3. The highest BCUT2D eigenvalue weighted by atomic mass is 16.5. The Morgan fingerprint density at radius 2 is 2.10 bits per heavy atom. The van der Waals surface area contributed by atoms with Crippen LogP contribution in [-0.4, -0.2) is 54.8 Å². The molecule has 0 bridgehead atoms. The van der Waals surface area contributed by atoms with E-state index in [1.807, 2.05) is 42.5 Å². The molecule has 1 aromatic carbocycles. The van der Waals surface area contributed by atoms with Crippen LogP contribution in [0.2, 0.25) is 0 Å². The summed E-state index contributed by atoms with van der Waals surface area (Å²) in [4.78, 5) is 13.9. The number of ketones is 1. The predicted molar refractivity (Wildman–Crippen MR) is 157 cm³/mol. The predicted octanol–water partition coefficient (Wildman–Crippen LogP) is 6.19. The molecule has 4 rings (SSSR count). The topological polar surface area (TPSA) is 52.9 Å². The van der Waals surface area contributed by atoms with Crippen molar-refractivity contribution in [1.29, 1.82) is 0 Å². The average molecular weight is 529 g/mol. The lowest BCUT2D eigenvalue weighted by Gasteiger charge is -2.34. The second-order valence-electron chi connectivity index (χ2n) is 10.3. The summed E-state index contributed by atoms with van der Waals surface area (Å²) in [6, 6.07) is 8.38. The van der Waals surface area contributed by atoms with Gasteiger partial charge in [-0.3, -0.25) is 4.79 Å².